The van der Waals surface area contributed by atoms with Gasteiger partial charge in [-0.1, -0.05) is 24.3 Å². The predicted molar refractivity (Wildman–Crippen MR) is 69.6 cm³/mol. The number of carboxylic acids is 1. The highest BCUT2D eigenvalue weighted by Gasteiger charge is 2.02. The van der Waals surface area contributed by atoms with Gasteiger partial charge in [0.05, 0.1) is 13.0 Å². The molecule has 0 saturated carbocycles. The lowest BCUT2D eigenvalue weighted by Crippen LogP contribution is -2.36. The monoisotopic (exact) mass is 266 g/mol. The first-order valence-corrected chi connectivity index (χ1v) is 5.92. The Kier molecular flexibility index (Phi) is 6.38. The standard InChI is InChI=1S/C13H18N2O4/c1-19-9-11-4-2-10(3-5-11)8-15-13(18)14-7-6-12(16)17/h2-5H,6-9H2,1H3,(H,16,17)(H2,14,15,18). The first-order valence-electron chi connectivity index (χ1n) is 5.92. The Bertz CT molecular complexity index is 417. The van der Waals surface area contributed by atoms with Gasteiger partial charge in [-0.05, 0) is 11.1 Å². The third kappa shape index (κ3) is 6.42. The van der Waals surface area contributed by atoms with Crippen LogP contribution in [0.3, 0.4) is 0 Å². The van der Waals surface area contributed by atoms with Crippen molar-refractivity contribution in [2.45, 2.75) is 19.6 Å². The van der Waals surface area contributed by atoms with Gasteiger partial charge in [0.15, 0.2) is 0 Å². The SMILES string of the molecule is COCc1ccc(CNC(=O)NCCC(=O)O)cc1. The van der Waals surface area contributed by atoms with Gasteiger partial charge in [0.2, 0.25) is 0 Å². The number of nitrogens with one attached hydrogen (secondary N) is 2. The fraction of sp³-hybridized carbons (Fsp3) is 0.385. The van der Waals surface area contributed by atoms with Crippen LogP contribution in [-0.2, 0) is 22.7 Å². The number of benzene rings is 1. The summed E-state index contributed by atoms with van der Waals surface area (Å²) in [6, 6.07) is 7.31. The molecule has 1 aromatic carbocycles. The van der Waals surface area contributed by atoms with Gasteiger partial charge in [0, 0.05) is 20.2 Å². The maximum atomic E-state index is 11.3. The number of aliphatic carboxylic acids is 1. The summed E-state index contributed by atoms with van der Waals surface area (Å²) >= 11 is 0. The average Bonchev–Trinajstić information content (AvgIpc) is 2.38. The van der Waals surface area contributed by atoms with Crippen molar-refractivity contribution in [3.63, 3.8) is 0 Å². The molecule has 19 heavy (non-hydrogen) atoms. The van der Waals surface area contributed by atoms with E-state index in [0.29, 0.717) is 13.2 Å². The Morgan fingerprint density at radius 3 is 2.37 bits per heavy atom. The van der Waals surface area contributed by atoms with Crippen molar-refractivity contribution in [1.82, 2.24) is 10.6 Å². The van der Waals surface area contributed by atoms with Crippen LogP contribution < -0.4 is 10.6 Å². The summed E-state index contributed by atoms with van der Waals surface area (Å²) in [5, 5.41) is 13.5. The van der Waals surface area contributed by atoms with Gasteiger partial charge < -0.3 is 20.5 Å². The largest absolute Gasteiger partial charge is 0.481 e. The number of carbonyl (C=O) groups excluding carboxylic acids is 1. The lowest BCUT2D eigenvalue weighted by atomic mass is 10.1. The van der Waals surface area contributed by atoms with Crippen molar-refractivity contribution in [2.24, 2.45) is 0 Å². The molecule has 104 valence electrons. The van der Waals surface area contributed by atoms with Crippen LogP contribution >= 0.6 is 0 Å². The summed E-state index contributed by atoms with van der Waals surface area (Å²) in [5.74, 6) is -0.936. The van der Waals surface area contributed by atoms with Gasteiger partial charge >= 0.3 is 12.0 Å². The van der Waals surface area contributed by atoms with E-state index >= 15 is 0 Å². The second-order valence-electron chi connectivity index (χ2n) is 4.00. The van der Waals surface area contributed by atoms with E-state index in [9.17, 15) is 9.59 Å². The molecule has 2 amide bonds. The molecule has 0 saturated heterocycles. The molecular formula is C13H18N2O4. The molecule has 0 fully saturated rings. The molecule has 6 heteroatoms. The highest BCUT2D eigenvalue weighted by atomic mass is 16.5. The van der Waals surface area contributed by atoms with Crippen LogP contribution in [0.4, 0.5) is 4.79 Å². The minimum absolute atomic E-state index is 0.0842. The van der Waals surface area contributed by atoms with E-state index in [1.165, 1.54) is 0 Å². The number of ether oxygens (including phenoxy) is 1. The maximum absolute atomic E-state index is 11.3. The lowest BCUT2D eigenvalue weighted by Gasteiger charge is -2.07. The van der Waals surface area contributed by atoms with Gasteiger partial charge in [0.25, 0.3) is 0 Å². The van der Waals surface area contributed by atoms with Crippen LogP contribution in [0, 0.1) is 0 Å². The minimum atomic E-state index is -0.936. The van der Waals surface area contributed by atoms with Crippen LogP contribution in [0.25, 0.3) is 0 Å². The zero-order valence-electron chi connectivity index (χ0n) is 10.8. The topological polar surface area (TPSA) is 87.7 Å². The molecule has 0 radical (unpaired) electrons. The van der Waals surface area contributed by atoms with Crippen molar-refractivity contribution in [3.8, 4) is 0 Å². The van der Waals surface area contributed by atoms with E-state index in [0.717, 1.165) is 11.1 Å². The predicted octanol–water partition coefficient (Wildman–Crippen LogP) is 1.11. The third-order valence-electron chi connectivity index (χ3n) is 2.41. The summed E-state index contributed by atoms with van der Waals surface area (Å²) in [4.78, 5) is 21.6. The number of hydrogen-bond acceptors (Lipinski definition) is 3. The van der Waals surface area contributed by atoms with Crippen LogP contribution in [-0.4, -0.2) is 30.8 Å². The van der Waals surface area contributed by atoms with Crippen molar-refractivity contribution in [1.29, 1.82) is 0 Å². The molecule has 6 nitrogen and oxygen atoms in total. The van der Waals surface area contributed by atoms with Gasteiger partial charge in [-0.2, -0.15) is 0 Å². The number of rotatable bonds is 7. The Labute approximate surface area is 111 Å². The van der Waals surface area contributed by atoms with Gasteiger partial charge in [0.1, 0.15) is 0 Å². The number of carbonyl (C=O) groups is 2. The van der Waals surface area contributed by atoms with E-state index in [1.54, 1.807) is 7.11 Å². The molecule has 0 aromatic heterocycles. The zero-order valence-corrected chi connectivity index (χ0v) is 10.8. The number of urea groups is 1. The number of amides is 2. The summed E-state index contributed by atoms with van der Waals surface area (Å²) in [5.41, 5.74) is 2.03. The quantitative estimate of drug-likeness (QED) is 0.689. The fourth-order valence-corrected chi connectivity index (χ4v) is 1.45. The first-order chi connectivity index (χ1) is 9.11. The van der Waals surface area contributed by atoms with Crippen LogP contribution in [0.1, 0.15) is 17.5 Å². The highest BCUT2D eigenvalue weighted by Crippen LogP contribution is 2.05. The Morgan fingerprint density at radius 1 is 1.16 bits per heavy atom. The Balaban J connectivity index is 2.27. The molecule has 0 aliphatic heterocycles. The van der Waals surface area contributed by atoms with Crippen LogP contribution in [0.5, 0.6) is 0 Å². The summed E-state index contributed by atoms with van der Waals surface area (Å²) in [6.45, 7) is 1.07. The van der Waals surface area contributed by atoms with Crippen molar-refractivity contribution >= 4 is 12.0 Å². The summed E-state index contributed by atoms with van der Waals surface area (Å²) < 4.78 is 5.00. The fourth-order valence-electron chi connectivity index (χ4n) is 1.45. The Morgan fingerprint density at radius 2 is 1.79 bits per heavy atom. The van der Waals surface area contributed by atoms with E-state index in [2.05, 4.69) is 10.6 Å². The van der Waals surface area contributed by atoms with E-state index < -0.39 is 5.97 Å². The number of methoxy groups -OCH3 is 1. The van der Waals surface area contributed by atoms with Gasteiger partial charge in [-0.25, -0.2) is 4.79 Å². The Hall–Kier alpha value is -2.08. The molecule has 1 rings (SSSR count). The molecule has 0 bridgehead atoms. The normalized spacial score (nSPS) is 9.95. The summed E-state index contributed by atoms with van der Waals surface area (Å²) in [6.07, 6.45) is -0.0842. The molecule has 0 spiro atoms. The molecule has 0 heterocycles. The van der Waals surface area contributed by atoms with Crippen LogP contribution in [0.2, 0.25) is 0 Å². The molecule has 3 N–H and O–H groups in total. The maximum Gasteiger partial charge on any atom is 0.315 e. The van der Waals surface area contributed by atoms with Crippen molar-refractivity contribution in [2.75, 3.05) is 13.7 Å². The van der Waals surface area contributed by atoms with E-state index in [4.69, 9.17) is 9.84 Å². The smallest absolute Gasteiger partial charge is 0.315 e. The number of hydrogen-bond donors (Lipinski definition) is 3. The molecule has 1 aromatic rings. The minimum Gasteiger partial charge on any atom is -0.481 e. The number of carboxylic acid groups (broad SMARTS) is 1. The molecule has 0 unspecified atom stereocenters. The van der Waals surface area contributed by atoms with Gasteiger partial charge in [-0.3, -0.25) is 4.79 Å². The lowest BCUT2D eigenvalue weighted by molar-refractivity contribution is -0.136. The van der Waals surface area contributed by atoms with Gasteiger partial charge in [-0.15, -0.1) is 0 Å². The van der Waals surface area contributed by atoms with Crippen molar-refractivity contribution in [3.05, 3.63) is 35.4 Å². The van der Waals surface area contributed by atoms with E-state index in [-0.39, 0.29) is 19.0 Å². The molecule has 0 aliphatic rings. The zero-order chi connectivity index (χ0) is 14.1. The first kappa shape index (κ1) is 15.0. The summed E-state index contributed by atoms with van der Waals surface area (Å²) in [7, 11) is 1.64. The second-order valence-corrected chi connectivity index (χ2v) is 4.00. The molecular weight excluding hydrogens is 248 g/mol. The van der Waals surface area contributed by atoms with E-state index in [1.807, 2.05) is 24.3 Å². The molecule has 0 aliphatic carbocycles. The highest BCUT2D eigenvalue weighted by molar-refractivity contribution is 5.74. The average molecular weight is 266 g/mol. The second kappa shape index (κ2) is 8.10. The van der Waals surface area contributed by atoms with Crippen LogP contribution in [0.15, 0.2) is 24.3 Å². The van der Waals surface area contributed by atoms with Crippen molar-refractivity contribution < 1.29 is 19.4 Å². The third-order valence-corrected chi connectivity index (χ3v) is 2.41. The molecule has 0 atom stereocenters.